The van der Waals surface area contributed by atoms with Crippen LogP contribution < -0.4 is 4.84 Å². The van der Waals surface area contributed by atoms with Crippen molar-refractivity contribution in [2.75, 3.05) is 0 Å². The number of nitriles is 1. The molecule has 0 radical (unpaired) electrons. The molecule has 2 rings (SSSR count). The number of hydrogen-bond acceptors (Lipinski definition) is 3. The minimum Gasteiger partial charge on any atom is -0.336 e. The van der Waals surface area contributed by atoms with E-state index in [1.54, 1.807) is 0 Å². The second kappa shape index (κ2) is 5.61. The molecule has 1 heterocycles. The molecule has 0 saturated carbocycles. The Balaban J connectivity index is 2.47. The zero-order valence-corrected chi connectivity index (χ0v) is 12.9. The number of aromatic nitrogens is 1. The van der Waals surface area contributed by atoms with Gasteiger partial charge in [-0.05, 0) is 23.6 Å². The van der Waals surface area contributed by atoms with Gasteiger partial charge in [0.25, 0.3) is 0 Å². The van der Waals surface area contributed by atoms with Gasteiger partial charge in [-0.25, -0.2) is 4.79 Å². The van der Waals surface area contributed by atoms with Gasteiger partial charge in [0.1, 0.15) is 0 Å². The van der Waals surface area contributed by atoms with E-state index in [0.717, 1.165) is 10.8 Å². The lowest BCUT2D eigenvalue weighted by atomic mass is 9.93. The van der Waals surface area contributed by atoms with E-state index in [1.807, 2.05) is 20.8 Å². The highest BCUT2D eigenvalue weighted by Gasteiger charge is 2.36. The van der Waals surface area contributed by atoms with Crippen LogP contribution in [-0.4, -0.2) is 10.7 Å². The maximum absolute atomic E-state index is 13.2. The molecule has 0 aliphatic rings. The molecule has 23 heavy (non-hydrogen) atoms. The molecular formula is C16H15F3N2O2. The summed E-state index contributed by atoms with van der Waals surface area (Å²) >= 11 is 0. The molecule has 0 N–H and O–H groups in total. The van der Waals surface area contributed by atoms with E-state index in [1.165, 1.54) is 24.4 Å². The summed E-state index contributed by atoms with van der Waals surface area (Å²) < 4.78 is 40.6. The van der Waals surface area contributed by atoms with Gasteiger partial charge in [0.15, 0.2) is 0 Å². The molecule has 122 valence electrons. The van der Waals surface area contributed by atoms with Crippen LogP contribution in [-0.2, 0) is 11.0 Å². The van der Waals surface area contributed by atoms with Crippen molar-refractivity contribution in [3.63, 3.8) is 0 Å². The maximum atomic E-state index is 13.2. The summed E-state index contributed by atoms with van der Waals surface area (Å²) in [5, 5.41) is 8.70. The molecule has 2 aromatic rings. The molecule has 0 spiro atoms. The number of carbonyl (C=O) groups excluding carboxylic acids is 1. The van der Waals surface area contributed by atoms with Crippen molar-refractivity contribution in [2.24, 2.45) is 5.41 Å². The highest BCUT2D eigenvalue weighted by Crippen LogP contribution is 2.37. The molecule has 0 aliphatic heterocycles. The molecule has 4 nitrogen and oxygen atoms in total. The molecule has 1 aromatic carbocycles. The largest absolute Gasteiger partial charge is 0.418 e. The van der Waals surface area contributed by atoms with Crippen molar-refractivity contribution in [3.05, 3.63) is 35.5 Å². The fraction of sp³-hybridized carbons (Fsp3) is 0.375. The molecule has 0 unspecified atom stereocenters. The molecule has 0 bridgehead atoms. The Morgan fingerprint density at radius 2 is 1.91 bits per heavy atom. The van der Waals surface area contributed by atoms with Gasteiger partial charge in [-0.2, -0.15) is 23.2 Å². The number of rotatable bonds is 2. The fourth-order valence-corrected chi connectivity index (χ4v) is 2.25. The minimum absolute atomic E-state index is 0.0820. The van der Waals surface area contributed by atoms with Gasteiger partial charge in [-0.15, -0.1) is 0 Å². The van der Waals surface area contributed by atoms with E-state index >= 15 is 0 Å². The summed E-state index contributed by atoms with van der Waals surface area (Å²) in [6, 6.07) is 5.12. The fourth-order valence-electron chi connectivity index (χ4n) is 2.25. The Morgan fingerprint density at radius 1 is 1.26 bits per heavy atom. The third-order valence-electron chi connectivity index (χ3n) is 3.12. The van der Waals surface area contributed by atoms with E-state index < -0.39 is 23.3 Å². The van der Waals surface area contributed by atoms with Gasteiger partial charge in [0.2, 0.25) is 0 Å². The average Bonchev–Trinajstić information content (AvgIpc) is 2.77. The quantitative estimate of drug-likeness (QED) is 0.841. The molecule has 1 aromatic heterocycles. The smallest absolute Gasteiger partial charge is 0.336 e. The van der Waals surface area contributed by atoms with Gasteiger partial charge in [0, 0.05) is 11.6 Å². The molecular weight excluding hydrogens is 309 g/mol. The van der Waals surface area contributed by atoms with Crippen molar-refractivity contribution in [1.29, 1.82) is 5.26 Å². The maximum Gasteiger partial charge on any atom is 0.418 e. The van der Waals surface area contributed by atoms with E-state index in [4.69, 9.17) is 10.1 Å². The molecule has 7 heteroatoms. The molecule has 0 amide bonds. The topological polar surface area (TPSA) is 55.0 Å². The minimum atomic E-state index is -4.67. The van der Waals surface area contributed by atoms with Crippen molar-refractivity contribution in [1.82, 2.24) is 4.73 Å². The normalized spacial score (nSPS) is 12.2. The number of alkyl halides is 3. The average molecular weight is 324 g/mol. The van der Waals surface area contributed by atoms with Crippen LogP contribution in [0.3, 0.4) is 0 Å². The Morgan fingerprint density at radius 3 is 2.43 bits per heavy atom. The molecule has 0 aliphatic carbocycles. The number of halogens is 3. The lowest BCUT2D eigenvalue weighted by Gasteiger charge is -2.17. The van der Waals surface area contributed by atoms with Crippen molar-refractivity contribution in [2.45, 2.75) is 33.4 Å². The second-order valence-electron chi connectivity index (χ2n) is 6.37. The number of nitrogens with zero attached hydrogens (tertiary/aromatic N) is 2. The summed E-state index contributed by atoms with van der Waals surface area (Å²) in [5.41, 5.74) is -1.71. The van der Waals surface area contributed by atoms with Gasteiger partial charge in [-0.3, -0.25) is 0 Å². The van der Waals surface area contributed by atoms with Gasteiger partial charge in [0.05, 0.1) is 29.1 Å². The summed E-state index contributed by atoms with van der Waals surface area (Å²) in [4.78, 5) is 17.0. The standard InChI is InChI=1S/C16H15F3N2O2/c1-15(2,3)8-13(22)23-21-7-6-11-12(21)5-4-10(9-20)14(11)16(17,18)19/h4-7H,8H2,1-3H3. The van der Waals surface area contributed by atoms with Crippen LogP contribution in [0.1, 0.15) is 38.3 Å². The van der Waals surface area contributed by atoms with Crippen molar-refractivity contribution >= 4 is 16.9 Å². The number of fused-ring (bicyclic) bond motifs is 1. The Kier molecular flexibility index (Phi) is 4.12. The lowest BCUT2D eigenvalue weighted by molar-refractivity contribution is -0.145. The van der Waals surface area contributed by atoms with Crippen LogP contribution in [0.5, 0.6) is 0 Å². The first-order chi connectivity index (χ1) is 10.5. The van der Waals surface area contributed by atoms with Gasteiger partial charge in [-0.1, -0.05) is 20.8 Å². The summed E-state index contributed by atoms with van der Waals surface area (Å²) in [5.74, 6) is -0.548. The van der Waals surface area contributed by atoms with Crippen LogP contribution in [0.15, 0.2) is 24.4 Å². The zero-order chi connectivity index (χ0) is 17.4. The van der Waals surface area contributed by atoms with Crippen molar-refractivity contribution in [3.8, 4) is 6.07 Å². The molecule has 0 atom stereocenters. The Bertz CT molecular complexity index is 792. The first kappa shape index (κ1) is 16.9. The predicted molar refractivity (Wildman–Crippen MR) is 77.3 cm³/mol. The lowest BCUT2D eigenvalue weighted by Crippen LogP contribution is -2.23. The van der Waals surface area contributed by atoms with Crippen molar-refractivity contribution < 1.29 is 22.8 Å². The van der Waals surface area contributed by atoms with Crippen LogP contribution in [0.2, 0.25) is 0 Å². The summed E-state index contributed by atoms with van der Waals surface area (Å²) in [7, 11) is 0. The molecule has 0 fully saturated rings. The van der Waals surface area contributed by atoms with Crippen LogP contribution >= 0.6 is 0 Å². The SMILES string of the molecule is CC(C)(C)CC(=O)On1ccc2c(C(F)(F)F)c(C#N)ccc21. The first-order valence-electron chi connectivity index (χ1n) is 6.85. The summed E-state index contributed by atoms with van der Waals surface area (Å²) in [6.45, 7) is 5.55. The monoisotopic (exact) mass is 324 g/mol. The van der Waals surface area contributed by atoms with E-state index in [2.05, 4.69) is 0 Å². The van der Waals surface area contributed by atoms with Crippen LogP contribution in [0, 0.1) is 16.7 Å². The van der Waals surface area contributed by atoms with Gasteiger partial charge >= 0.3 is 12.1 Å². The zero-order valence-electron chi connectivity index (χ0n) is 12.9. The summed E-state index contributed by atoms with van der Waals surface area (Å²) in [6.07, 6.45) is -3.32. The number of benzene rings is 1. The van der Waals surface area contributed by atoms with Crippen LogP contribution in [0.4, 0.5) is 13.2 Å². The van der Waals surface area contributed by atoms with E-state index in [0.29, 0.717) is 0 Å². The van der Waals surface area contributed by atoms with Gasteiger partial charge < -0.3 is 4.84 Å². The third kappa shape index (κ3) is 3.65. The number of carbonyl (C=O) groups is 1. The Hall–Kier alpha value is -2.49. The molecule has 0 saturated heterocycles. The predicted octanol–water partition coefficient (Wildman–Crippen LogP) is 3.92. The highest BCUT2D eigenvalue weighted by atomic mass is 19.4. The second-order valence-corrected chi connectivity index (χ2v) is 6.37. The van der Waals surface area contributed by atoms with E-state index in [9.17, 15) is 18.0 Å². The Labute approximate surface area is 131 Å². The van der Waals surface area contributed by atoms with Crippen LogP contribution in [0.25, 0.3) is 10.9 Å². The number of hydrogen-bond donors (Lipinski definition) is 0. The van der Waals surface area contributed by atoms with E-state index in [-0.39, 0.29) is 22.7 Å². The first-order valence-corrected chi connectivity index (χ1v) is 6.85. The highest BCUT2D eigenvalue weighted by molar-refractivity contribution is 5.86. The third-order valence-corrected chi connectivity index (χ3v) is 3.12.